The first-order chi connectivity index (χ1) is 10.6. The van der Waals surface area contributed by atoms with Crippen LogP contribution in [0.25, 0.3) is 0 Å². The fraction of sp³-hybridized carbons (Fsp3) is 0.385. The highest BCUT2D eigenvalue weighted by molar-refractivity contribution is 7.91. The normalized spacial score (nSPS) is 20.0. The lowest BCUT2D eigenvalue weighted by Gasteiger charge is -2.31. The van der Waals surface area contributed by atoms with Crippen molar-refractivity contribution in [3.8, 4) is 5.88 Å². The maximum Gasteiger partial charge on any atom is 0.252 e. The number of hydrogen-bond acceptors (Lipinski definition) is 6. The van der Waals surface area contributed by atoms with Gasteiger partial charge in [-0.1, -0.05) is 11.6 Å². The monoisotopic (exact) mass is 359 g/mol. The smallest absolute Gasteiger partial charge is 0.252 e. The predicted molar refractivity (Wildman–Crippen MR) is 83.8 cm³/mol. The summed E-state index contributed by atoms with van der Waals surface area (Å²) in [4.78, 5) is 7.83. The highest BCUT2D eigenvalue weighted by Crippen LogP contribution is 2.30. The van der Waals surface area contributed by atoms with Crippen LogP contribution >= 0.6 is 22.9 Å². The van der Waals surface area contributed by atoms with E-state index in [4.69, 9.17) is 16.3 Å². The number of sulfonamides is 1. The van der Waals surface area contributed by atoms with Gasteiger partial charge in [0.15, 0.2) is 0 Å². The van der Waals surface area contributed by atoms with Crippen molar-refractivity contribution < 1.29 is 13.2 Å². The molecule has 0 aliphatic carbocycles. The van der Waals surface area contributed by atoms with Gasteiger partial charge in [0.2, 0.25) is 5.88 Å². The fourth-order valence-electron chi connectivity index (χ4n) is 2.30. The van der Waals surface area contributed by atoms with E-state index in [1.165, 1.54) is 16.7 Å². The van der Waals surface area contributed by atoms with Gasteiger partial charge >= 0.3 is 0 Å². The highest BCUT2D eigenvalue weighted by atomic mass is 35.5. The first-order valence-electron chi connectivity index (χ1n) is 6.74. The molecular formula is C13H14ClN3O3S2. The molecule has 1 atom stereocenters. The number of rotatable bonds is 4. The second-order valence-corrected chi connectivity index (χ2v) is 8.73. The molecule has 0 N–H and O–H groups in total. The minimum Gasteiger partial charge on any atom is -0.473 e. The zero-order chi connectivity index (χ0) is 15.6. The van der Waals surface area contributed by atoms with Crippen LogP contribution in [-0.2, 0) is 10.0 Å². The van der Waals surface area contributed by atoms with E-state index in [1.807, 2.05) is 0 Å². The van der Waals surface area contributed by atoms with Crippen molar-refractivity contribution in [2.75, 3.05) is 13.1 Å². The standard InChI is InChI=1S/C13H14ClN3O3S2/c14-11-3-4-13(21-11)22(18,19)17-7-1-2-10(8-17)20-12-5-6-15-9-16-12/h3-6,9-10H,1-2,7-8H2. The fourth-order valence-corrected chi connectivity index (χ4v) is 5.45. The lowest BCUT2D eigenvalue weighted by atomic mass is 10.1. The van der Waals surface area contributed by atoms with Crippen LogP contribution in [0.5, 0.6) is 5.88 Å². The first-order valence-corrected chi connectivity index (χ1v) is 9.37. The molecule has 9 heteroatoms. The minimum absolute atomic E-state index is 0.214. The van der Waals surface area contributed by atoms with Crippen molar-refractivity contribution in [2.45, 2.75) is 23.2 Å². The molecule has 118 valence electrons. The number of hydrogen-bond donors (Lipinski definition) is 0. The lowest BCUT2D eigenvalue weighted by molar-refractivity contribution is 0.124. The van der Waals surface area contributed by atoms with Crippen molar-refractivity contribution in [1.29, 1.82) is 0 Å². The number of nitrogens with zero attached hydrogens (tertiary/aromatic N) is 3. The van der Waals surface area contributed by atoms with E-state index in [9.17, 15) is 8.42 Å². The third-order valence-corrected chi connectivity index (χ3v) is 6.89. The molecule has 3 rings (SSSR count). The summed E-state index contributed by atoms with van der Waals surface area (Å²) in [6.45, 7) is 0.795. The first kappa shape index (κ1) is 15.7. The Morgan fingerprint density at radius 1 is 1.36 bits per heavy atom. The Bertz CT molecular complexity index is 736. The van der Waals surface area contributed by atoms with Gasteiger partial charge < -0.3 is 4.74 Å². The van der Waals surface area contributed by atoms with Crippen LogP contribution in [-0.4, -0.2) is 41.9 Å². The molecule has 3 heterocycles. The molecule has 1 aliphatic rings. The number of thiophene rings is 1. The van der Waals surface area contributed by atoms with Gasteiger partial charge in [-0.15, -0.1) is 11.3 Å². The number of ether oxygens (including phenoxy) is 1. The maximum absolute atomic E-state index is 12.6. The van der Waals surface area contributed by atoms with Crippen LogP contribution in [0.4, 0.5) is 0 Å². The highest BCUT2D eigenvalue weighted by Gasteiger charge is 2.32. The van der Waals surface area contributed by atoms with E-state index in [0.29, 0.717) is 23.3 Å². The molecule has 1 unspecified atom stereocenters. The number of aromatic nitrogens is 2. The third-order valence-electron chi connectivity index (χ3n) is 3.33. The second kappa shape index (κ2) is 6.49. The van der Waals surface area contributed by atoms with Crippen LogP contribution < -0.4 is 4.74 Å². The quantitative estimate of drug-likeness (QED) is 0.838. The summed E-state index contributed by atoms with van der Waals surface area (Å²) in [5.41, 5.74) is 0. The average molecular weight is 360 g/mol. The van der Waals surface area contributed by atoms with Gasteiger partial charge in [0.05, 0.1) is 10.9 Å². The van der Waals surface area contributed by atoms with Crippen molar-refractivity contribution >= 4 is 33.0 Å². The van der Waals surface area contributed by atoms with Crippen LogP contribution in [0.2, 0.25) is 4.34 Å². The molecule has 6 nitrogen and oxygen atoms in total. The van der Waals surface area contributed by atoms with E-state index in [2.05, 4.69) is 9.97 Å². The Kier molecular flexibility index (Phi) is 4.62. The predicted octanol–water partition coefficient (Wildman–Crippen LogP) is 2.42. The van der Waals surface area contributed by atoms with Crippen LogP contribution in [0.3, 0.4) is 0 Å². The molecule has 2 aromatic heterocycles. The lowest BCUT2D eigenvalue weighted by Crippen LogP contribution is -2.44. The van der Waals surface area contributed by atoms with Crippen molar-refractivity contribution in [2.24, 2.45) is 0 Å². The van der Waals surface area contributed by atoms with Crippen LogP contribution in [0.15, 0.2) is 34.9 Å². The molecule has 2 aromatic rings. The van der Waals surface area contributed by atoms with Crippen molar-refractivity contribution in [3.05, 3.63) is 35.1 Å². The zero-order valence-electron chi connectivity index (χ0n) is 11.6. The minimum atomic E-state index is -3.51. The summed E-state index contributed by atoms with van der Waals surface area (Å²) in [5, 5.41) is 0. The SMILES string of the molecule is O=S(=O)(c1ccc(Cl)s1)N1CCCC(Oc2ccncn2)C1. The Morgan fingerprint density at radius 2 is 2.23 bits per heavy atom. The Hall–Kier alpha value is -1.22. The van der Waals surface area contributed by atoms with E-state index in [-0.39, 0.29) is 10.3 Å². The summed E-state index contributed by atoms with van der Waals surface area (Å²) in [7, 11) is -3.51. The summed E-state index contributed by atoms with van der Waals surface area (Å²) < 4.78 is 33.1. The van der Waals surface area contributed by atoms with E-state index in [1.54, 1.807) is 18.3 Å². The summed E-state index contributed by atoms with van der Waals surface area (Å²) in [6.07, 6.45) is 4.32. The van der Waals surface area contributed by atoms with E-state index >= 15 is 0 Å². The largest absolute Gasteiger partial charge is 0.473 e. The molecular weight excluding hydrogens is 346 g/mol. The molecule has 0 bridgehead atoms. The van der Waals surface area contributed by atoms with E-state index < -0.39 is 10.0 Å². The van der Waals surface area contributed by atoms with Crippen LogP contribution in [0.1, 0.15) is 12.8 Å². The Labute approximate surface area is 137 Å². The summed E-state index contributed by atoms with van der Waals surface area (Å²) >= 11 is 6.91. The topological polar surface area (TPSA) is 72.4 Å². The molecule has 1 aliphatic heterocycles. The molecule has 1 fully saturated rings. The maximum atomic E-state index is 12.6. The van der Waals surface area contributed by atoms with Gasteiger partial charge in [-0.05, 0) is 25.0 Å². The number of piperidine rings is 1. The van der Waals surface area contributed by atoms with Crippen molar-refractivity contribution in [3.63, 3.8) is 0 Å². The van der Waals surface area contributed by atoms with Gasteiger partial charge in [0.25, 0.3) is 10.0 Å². The van der Waals surface area contributed by atoms with Gasteiger partial charge in [-0.25, -0.2) is 18.4 Å². The molecule has 0 saturated carbocycles. The Morgan fingerprint density at radius 3 is 2.91 bits per heavy atom. The molecule has 0 radical (unpaired) electrons. The van der Waals surface area contributed by atoms with Crippen molar-refractivity contribution in [1.82, 2.24) is 14.3 Å². The van der Waals surface area contributed by atoms with Gasteiger partial charge in [-0.2, -0.15) is 4.31 Å². The third kappa shape index (κ3) is 3.40. The molecule has 22 heavy (non-hydrogen) atoms. The molecule has 0 aromatic carbocycles. The van der Waals surface area contributed by atoms with Crippen LogP contribution in [0, 0.1) is 0 Å². The average Bonchev–Trinajstić information content (AvgIpc) is 2.96. The van der Waals surface area contributed by atoms with Gasteiger partial charge in [-0.3, -0.25) is 0 Å². The summed E-state index contributed by atoms with van der Waals surface area (Å²) in [6, 6.07) is 4.79. The van der Waals surface area contributed by atoms with E-state index in [0.717, 1.165) is 24.2 Å². The zero-order valence-corrected chi connectivity index (χ0v) is 13.9. The summed E-state index contributed by atoms with van der Waals surface area (Å²) in [5.74, 6) is 0.457. The Balaban J connectivity index is 1.73. The molecule has 1 saturated heterocycles. The molecule has 0 spiro atoms. The second-order valence-electron chi connectivity index (χ2n) is 4.85. The van der Waals surface area contributed by atoms with Gasteiger partial charge in [0, 0.05) is 18.8 Å². The van der Waals surface area contributed by atoms with Gasteiger partial charge in [0.1, 0.15) is 16.6 Å². The number of halogens is 1. The molecule has 0 amide bonds.